The van der Waals surface area contributed by atoms with Gasteiger partial charge in [-0.1, -0.05) is 39.0 Å². The van der Waals surface area contributed by atoms with Crippen LogP contribution in [-0.2, 0) is 13.9 Å². The molecule has 1 aromatic carbocycles. The van der Waals surface area contributed by atoms with Crippen molar-refractivity contribution in [1.29, 1.82) is 0 Å². The lowest BCUT2D eigenvalue weighted by Gasteiger charge is -2.36. The number of nitrogens with zero attached hydrogens (tertiary/aromatic N) is 1. The summed E-state index contributed by atoms with van der Waals surface area (Å²) < 4.78 is 16.5. The zero-order valence-electron chi connectivity index (χ0n) is 18.4. The van der Waals surface area contributed by atoms with Gasteiger partial charge >= 0.3 is 12.1 Å². The monoisotopic (exact) mass is 419 g/mol. The molecule has 1 aliphatic rings. The minimum absolute atomic E-state index is 0.145. The number of benzene rings is 1. The van der Waals surface area contributed by atoms with E-state index in [1.54, 1.807) is 30.0 Å². The molecule has 0 atom stereocenters. The molecule has 7 heteroatoms. The van der Waals surface area contributed by atoms with Crippen LogP contribution < -0.4 is 0 Å². The van der Waals surface area contributed by atoms with Gasteiger partial charge in [-0.2, -0.15) is 0 Å². The van der Waals surface area contributed by atoms with Crippen molar-refractivity contribution in [1.82, 2.24) is 4.90 Å². The van der Waals surface area contributed by atoms with E-state index in [9.17, 15) is 9.59 Å². The molecule has 0 unspecified atom stereocenters. The maximum absolute atomic E-state index is 12.2. The Hall–Kier alpha value is -2.12. The smallest absolute Gasteiger partial charge is 0.414 e. The number of esters is 1. The molecule has 2 rings (SSSR count). The number of ether oxygens (including phenoxy) is 2. The predicted octanol–water partition coefficient (Wildman–Crippen LogP) is 5.07. The third-order valence-corrected chi connectivity index (χ3v) is 9.98. The Kier molecular flexibility index (Phi) is 7.65. The SMILES string of the molecule is CCOC(=O)c1cccc(/C(=C/CCO[Si](C)(C)C(C)(C)C)N2CCOC2=O)c1. The second-order valence-corrected chi connectivity index (χ2v) is 13.4. The summed E-state index contributed by atoms with van der Waals surface area (Å²) in [7, 11) is -1.83. The molecule has 0 bridgehead atoms. The Bertz CT molecular complexity index is 767. The van der Waals surface area contributed by atoms with E-state index in [2.05, 4.69) is 33.9 Å². The third-order valence-electron chi connectivity index (χ3n) is 5.45. The third kappa shape index (κ3) is 5.93. The zero-order chi connectivity index (χ0) is 21.7. The fraction of sp³-hybridized carbons (Fsp3) is 0.545. The lowest BCUT2D eigenvalue weighted by molar-refractivity contribution is 0.0526. The van der Waals surface area contributed by atoms with Gasteiger partial charge in [0.1, 0.15) is 6.61 Å². The van der Waals surface area contributed by atoms with Crippen molar-refractivity contribution in [3.63, 3.8) is 0 Å². The molecule has 29 heavy (non-hydrogen) atoms. The molecule has 0 spiro atoms. The molecule has 6 nitrogen and oxygen atoms in total. The van der Waals surface area contributed by atoms with Gasteiger partial charge in [0.05, 0.1) is 24.4 Å². The Balaban J connectivity index is 2.22. The highest BCUT2D eigenvalue weighted by molar-refractivity contribution is 6.74. The van der Waals surface area contributed by atoms with Gasteiger partial charge in [-0.15, -0.1) is 0 Å². The molecular formula is C22H33NO5Si. The van der Waals surface area contributed by atoms with E-state index in [0.717, 1.165) is 11.3 Å². The lowest BCUT2D eigenvalue weighted by atomic mass is 10.1. The quantitative estimate of drug-likeness (QED) is 0.334. The normalized spacial score (nSPS) is 15.4. The van der Waals surface area contributed by atoms with E-state index in [4.69, 9.17) is 13.9 Å². The maximum atomic E-state index is 12.2. The summed E-state index contributed by atoms with van der Waals surface area (Å²) >= 11 is 0. The fourth-order valence-corrected chi connectivity index (χ4v) is 3.80. The molecule has 1 saturated heterocycles. The first-order chi connectivity index (χ1) is 13.6. The summed E-state index contributed by atoms with van der Waals surface area (Å²) in [5, 5.41) is 0.145. The van der Waals surface area contributed by atoms with Crippen molar-refractivity contribution in [2.45, 2.75) is 52.2 Å². The molecule has 0 saturated carbocycles. The van der Waals surface area contributed by atoms with Gasteiger partial charge in [-0.05, 0) is 49.2 Å². The van der Waals surface area contributed by atoms with Crippen molar-refractivity contribution in [3.8, 4) is 0 Å². The minimum Gasteiger partial charge on any atom is -0.462 e. The van der Waals surface area contributed by atoms with E-state index in [1.807, 2.05) is 12.1 Å². The zero-order valence-corrected chi connectivity index (χ0v) is 19.4. The molecule has 0 N–H and O–H groups in total. The first-order valence-corrected chi connectivity index (χ1v) is 13.0. The van der Waals surface area contributed by atoms with Gasteiger partial charge in [0.2, 0.25) is 0 Å². The van der Waals surface area contributed by atoms with Gasteiger partial charge in [0.25, 0.3) is 0 Å². The van der Waals surface area contributed by atoms with Gasteiger partial charge < -0.3 is 13.9 Å². The van der Waals surface area contributed by atoms with Crippen LogP contribution in [-0.4, -0.2) is 51.6 Å². The molecule has 1 amide bonds. The van der Waals surface area contributed by atoms with E-state index in [0.29, 0.717) is 38.3 Å². The Morgan fingerprint density at radius 3 is 2.55 bits per heavy atom. The Morgan fingerprint density at radius 1 is 1.28 bits per heavy atom. The number of carbonyl (C=O) groups excluding carboxylic acids is 2. The van der Waals surface area contributed by atoms with E-state index < -0.39 is 8.32 Å². The highest BCUT2D eigenvalue weighted by Crippen LogP contribution is 2.36. The second-order valence-electron chi connectivity index (χ2n) is 8.55. The molecule has 1 heterocycles. The van der Waals surface area contributed by atoms with Crippen LogP contribution >= 0.6 is 0 Å². The van der Waals surface area contributed by atoms with Crippen LogP contribution in [0.1, 0.15) is 50.0 Å². The fourth-order valence-electron chi connectivity index (χ4n) is 2.74. The Labute approximate surface area is 175 Å². The van der Waals surface area contributed by atoms with E-state index in [-0.39, 0.29) is 17.1 Å². The first-order valence-electron chi connectivity index (χ1n) is 10.1. The van der Waals surface area contributed by atoms with Crippen LogP contribution in [0.5, 0.6) is 0 Å². The average Bonchev–Trinajstić information content (AvgIpc) is 3.07. The van der Waals surface area contributed by atoms with Crippen LogP contribution in [0.2, 0.25) is 18.1 Å². The molecule has 0 radical (unpaired) electrons. The summed E-state index contributed by atoms with van der Waals surface area (Å²) in [5.41, 5.74) is 1.97. The Morgan fingerprint density at radius 2 is 1.97 bits per heavy atom. The van der Waals surface area contributed by atoms with Crippen LogP contribution in [0, 0.1) is 0 Å². The van der Waals surface area contributed by atoms with Crippen molar-refractivity contribution < 1.29 is 23.5 Å². The van der Waals surface area contributed by atoms with Crippen LogP contribution in [0.15, 0.2) is 30.3 Å². The number of hydrogen-bond acceptors (Lipinski definition) is 5. The number of carbonyl (C=O) groups is 2. The summed E-state index contributed by atoms with van der Waals surface area (Å²) in [4.78, 5) is 25.9. The number of rotatable bonds is 8. The summed E-state index contributed by atoms with van der Waals surface area (Å²) in [6, 6.07) is 7.14. The van der Waals surface area contributed by atoms with Gasteiger partial charge in [-0.25, -0.2) is 9.59 Å². The first kappa shape index (κ1) is 23.2. The number of hydrogen-bond donors (Lipinski definition) is 0. The molecule has 0 aliphatic carbocycles. The molecular weight excluding hydrogens is 386 g/mol. The van der Waals surface area contributed by atoms with Crippen LogP contribution in [0.3, 0.4) is 0 Å². The van der Waals surface area contributed by atoms with Gasteiger partial charge in [0, 0.05) is 6.61 Å². The summed E-state index contributed by atoms with van der Waals surface area (Å²) in [6.45, 7) is 14.6. The second kappa shape index (κ2) is 9.58. The molecule has 1 aromatic rings. The van der Waals surface area contributed by atoms with Gasteiger partial charge in [0.15, 0.2) is 8.32 Å². The molecule has 1 aliphatic heterocycles. The molecule has 1 fully saturated rings. The standard InChI is InChI=1S/C22H33NO5Si/c1-7-26-20(24)18-11-8-10-17(16-18)19(23-13-15-27-21(23)25)12-9-14-28-29(5,6)22(2,3)4/h8,10-12,16H,7,9,13-15H2,1-6H3/b19-12-. The minimum atomic E-state index is -1.83. The highest BCUT2D eigenvalue weighted by Gasteiger charge is 2.36. The number of cyclic esters (lactones) is 1. The van der Waals surface area contributed by atoms with Crippen LogP contribution in [0.25, 0.3) is 5.70 Å². The maximum Gasteiger partial charge on any atom is 0.414 e. The average molecular weight is 420 g/mol. The van der Waals surface area contributed by atoms with Crippen molar-refractivity contribution in [2.24, 2.45) is 0 Å². The van der Waals surface area contributed by atoms with Crippen LogP contribution in [0.4, 0.5) is 4.79 Å². The van der Waals surface area contributed by atoms with E-state index >= 15 is 0 Å². The largest absolute Gasteiger partial charge is 0.462 e. The topological polar surface area (TPSA) is 65.1 Å². The lowest BCUT2D eigenvalue weighted by Crippen LogP contribution is -2.40. The van der Waals surface area contributed by atoms with Crippen molar-refractivity contribution in [2.75, 3.05) is 26.4 Å². The number of amides is 1. The van der Waals surface area contributed by atoms with Crippen molar-refractivity contribution >= 4 is 26.1 Å². The van der Waals surface area contributed by atoms with E-state index in [1.165, 1.54) is 0 Å². The molecule has 0 aromatic heterocycles. The summed E-state index contributed by atoms with van der Waals surface area (Å²) in [6.07, 6.45) is 2.28. The molecule has 160 valence electrons. The van der Waals surface area contributed by atoms with Gasteiger partial charge in [-0.3, -0.25) is 4.90 Å². The highest BCUT2D eigenvalue weighted by atomic mass is 28.4. The van der Waals surface area contributed by atoms with Crippen molar-refractivity contribution in [3.05, 3.63) is 41.5 Å². The summed E-state index contributed by atoms with van der Waals surface area (Å²) in [5.74, 6) is -0.376. The predicted molar refractivity (Wildman–Crippen MR) is 116 cm³/mol.